The number of nitrogens with one attached hydrogen (secondary N) is 1. The van der Waals surface area contributed by atoms with Gasteiger partial charge in [0.15, 0.2) is 5.78 Å². The Labute approximate surface area is 138 Å². The summed E-state index contributed by atoms with van der Waals surface area (Å²) in [6, 6.07) is 15.3. The van der Waals surface area contributed by atoms with Gasteiger partial charge in [-0.2, -0.15) is 0 Å². The maximum absolute atomic E-state index is 12.2. The molecule has 0 fully saturated rings. The van der Waals surface area contributed by atoms with Gasteiger partial charge in [0.25, 0.3) is 0 Å². The van der Waals surface area contributed by atoms with Gasteiger partial charge in [-0.3, -0.25) is 4.79 Å². The molecule has 3 nitrogen and oxygen atoms in total. The lowest BCUT2D eigenvalue weighted by Gasteiger charge is -2.09. The highest BCUT2D eigenvalue weighted by Crippen LogP contribution is 2.17. The van der Waals surface area contributed by atoms with Gasteiger partial charge in [0.1, 0.15) is 5.75 Å². The van der Waals surface area contributed by atoms with Crippen LogP contribution in [0.5, 0.6) is 5.75 Å². The molecule has 0 heterocycles. The van der Waals surface area contributed by atoms with Crippen LogP contribution in [0.15, 0.2) is 60.3 Å². The molecule has 1 N–H and O–H groups in total. The van der Waals surface area contributed by atoms with Crippen LogP contribution < -0.4 is 10.1 Å². The minimum atomic E-state index is -0.00195. The van der Waals surface area contributed by atoms with Crippen molar-refractivity contribution in [3.63, 3.8) is 0 Å². The van der Waals surface area contributed by atoms with E-state index < -0.39 is 0 Å². The molecule has 0 aliphatic rings. The van der Waals surface area contributed by atoms with Gasteiger partial charge in [0, 0.05) is 23.0 Å². The third-order valence-corrected chi connectivity index (χ3v) is 3.35. The highest BCUT2D eigenvalue weighted by molar-refractivity contribution is 6.05. The monoisotopic (exact) mass is 309 g/mol. The van der Waals surface area contributed by atoms with Crippen molar-refractivity contribution in [3.05, 3.63) is 71.4 Å². The van der Waals surface area contributed by atoms with Crippen LogP contribution in [0.4, 0.5) is 5.69 Å². The van der Waals surface area contributed by atoms with Crippen molar-refractivity contribution in [1.29, 1.82) is 0 Å². The maximum Gasteiger partial charge on any atom is 0.187 e. The molecule has 2 aromatic rings. The molecule has 0 saturated heterocycles. The average Bonchev–Trinajstić information content (AvgIpc) is 2.54. The van der Waals surface area contributed by atoms with Crippen molar-refractivity contribution in [2.24, 2.45) is 0 Å². The van der Waals surface area contributed by atoms with E-state index >= 15 is 0 Å². The van der Waals surface area contributed by atoms with E-state index in [1.807, 2.05) is 62.4 Å². The Balaban J connectivity index is 1.98. The van der Waals surface area contributed by atoms with Crippen molar-refractivity contribution in [3.8, 4) is 5.75 Å². The van der Waals surface area contributed by atoms with E-state index in [2.05, 4.69) is 12.2 Å². The topological polar surface area (TPSA) is 38.3 Å². The molecule has 2 rings (SSSR count). The molecule has 0 amide bonds. The van der Waals surface area contributed by atoms with Crippen molar-refractivity contribution >= 4 is 11.5 Å². The third kappa shape index (κ3) is 5.29. The van der Waals surface area contributed by atoms with Gasteiger partial charge in [0.2, 0.25) is 0 Å². The summed E-state index contributed by atoms with van der Waals surface area (Å²) in [7, 11) is 0. The Morgan fingerprint density at radius 2 is 1.74 bits per heavy atom. The Morgan fingerprint density at radius 3 is 2.35 bits per heavy atom. The van der Waals surface area contributed by atoms with Gasteiger partial charge in [-0.05, 0) is 44.5 Å². The van der Waals surface area contributed by atoms with E-state index in [0.29, 0.717) is 5.56 Å². The average molecular weight is 309 g/mol. The van der Waals surface area contributed by atoms with Crippen LogP contribution in [0.3, 0.4) is 0 Å². The predicted molar refractivity (Wildman–Crippen MR) is 95.1 cm³/mol. The first-order valence-electron chi connectivity index (χ1n) is 7.87. The van der Waals surface area contributed by atoms with Crippen molar-refractivity contribution in [1.82, 2.24) is 0 Å². The number of aryl methyl sites for hydroxylation is 1. The molecule has 0 aliphatic heterocycles. The van der Waals surface area contributed by atoms with Crippen LogP contribution in [-0.2, 0) is 0 Å². The lowest BCUT2D eigenvalue weighted by molar-refractivity contribution is 0.104. The number of ether oxygens (including phenoxy) is 1. The first kappa shape index (κ1) is 16.8. The van der Waals surface area contributed by atoms with Gasteiger partial charge >= 0.3 is 0 Å². The van der Waals surface area contributed by atoms with E-state index in [1.165, 1.54) is 0 Å². The molecule has 23 heavy (non-hydrogen) atoms. The van der Waals surface area contributed by atoms with Gasteiger partial charge in [0.05, 0.1) is 6.61 Å². The number of anilines is 1. The van der Waals surface area contributed by atoms with Crippen LogP contribution in [0.2, 0.25) is 0 Å². The number of carbonyl (C=O) groups excluding carboxylic acids is 1. The largest absolute Gasteiger partial charge is 0.494 e. The summed E-state index contributed by atoms with van der Waals surface area (Å²) in [5.41, 5.74) is 3.57. The lowest BCUT2D eigenvalue weighted by Crippen LogP contribution is -2.01. The van der Waals surface area contributed by atoms with Crippen molar-refractivity contribution < 1.29 is 9.53 Å². The Kier molecular flexibility index (Phi) is 5.98. The van der Waals surface area contributed by atoms with Gasteiger partial charge in [-0.25, -0.2) is 0 Å². The summed E-state index contributed by atoms with van der Waals surface area (Å²) in [4.78, 5) is 12.2. The first-order chi connectivity index (χ1) is 11.1. The van der Waals surface area contributed by atoms with Crippen molar-refractivity contribution in [2.75, 3.05) is 11.9 Å². The van der Waals surface area contributed by atoms with E-state index in [-0.39, 0.29) is 5.78 Å². The molecular weight excluding hydrogens is 286 g/mol. The molecule has 120 valence electrons. The summed E-state index contributed by atoms with van der Waals surface area (Å²) in [6.07, 6.45) is 2.61. The Morgan fingerprint density at radius 1 is 1.09 bits per heavy atom. The molecule has 0 bridgehead atoms. The summed E-state index contributed by atoms with van der Waals surface area (Å²) in [6.45, 7) is 6.68. The maximum atomic E-state index is 12.2. The fraction of sp³-hybridized carbons (Fsp3) is 0.250. The normalized spacial score (nSPS) is 11.2. The summed E-state index contributed by atoms with van der Waals surface area (Å²) in [5, 5.41) is 3.22. The minimum Gasteiger partial charge on any atom is -0.494 e. The molecule has 0 aromatic heterocycles. The quantitative estimate of drug-likeness (QED) is 0.579. The fourth-order valence-corrected chi connectivity index (χ4v) is 2.12. The number of allylic oxidation sites excluding steroid dienone is 2. The zero-order valence-corrected chi connectivity index (χ0v) is 13.9. The lowest BCUT2D eigenvalue weighted by atomic mass is 10.1. The van der Waals surface area contributed by atoms with Gasteiger partial charge < -0.3 is 10.1 Å². The highest BCUT2D eigenvalue weighted by atomic mass is 16.5. The first-order valence-corrected chi connectivity index (χ1v) is 7.87. The molecule has 0 radical (unpaired) electrons. The van der Waals surface area contributed by atoms with Crippen molar-refractivity contribution in [2.45, 2.75) is 27.2 Å². The fourth-order valence-electron chi connectivity index (χ4n) is 2.12. The number of benzene rings is 2. The zero-order chi connectivity index (χ0) is 16.7. The number of hydrogen-bond donors (Lipinski definition) is 1. The predicted octanol–water partition coefficient (Wildman–Crippen LogP) is 4.98. The van der Waals surface area contributed by atoms with E-state index in [4.69, 9.17) is 4.74 Å². The number of ketones is 1. The van der Waals surface area contributed by atoms with Gasteiger partial charge in [-0.15, -0.1) is 0 Å². The molecule has 0 unspecified atom stereocenters. The second kappa shape index (κ2) is 8.18. The number of carbonyl (C=O) groups is 1. The SMILES string of the molecule is CCCOc1ccc(NC(C)=CC(=O)c2ccc(C)cc2)cc1. The molecule has 0 atom stereocenters. The standard InChI is InChI=1S/C20H23NO2/c1-4-13-23-19-11-9-18(10-12-19)21-16(3)14-20(22)17-7-5-15(2)6-8-17/h5-12,14,21H,4,13H2,1-3H3. The molecule has 2 aromatic carbocycles. The molecule has 0 saturated carbocycles. The van der Waals surface area contributed by atoms with E-state index in [0.717, 1.165) is 35.7 Å². The van der Waals surface area contributed by atoms with Crippen LogP contribution in [0.25, 0.3) is 0 Å². The number of hydrogen-bond acceptors (Lipinski definition) is 3. The molecular formula is C20H23NO2. The molecule has 0 spiro atoms. The zero-order valence-electron chi connectivity index (χ0n) is 13.9. The second-order valence-corrected chi connectivity index (χ2v) is 5.56. The summed E-state index contributed by atoms with van der Waals surface area (Å²) in [5.74, 6) is 0.854. The third-order valence-electron chi connectivity index (χ3n) is 3.35. The van der Waals surface area contributed by atoms with Crippen LogP contribution in [-0.4, -0.2) is 12.4 Å². The van der Waals surface area contributed by atoms with Crippen LogP contribution in [0, 0.1) is 6.92 Å². The Hall–Kier alpha value is -2.55. The summed E-state index contributed by atoms with van der Waals surface area (Å²) >= 11 is 0. The highest BCUT2D eigenvalue weighted by Gasteiger charge is 2.03. The van der Waals surface area contributed by atoms with E-state index in [1.54, 1.807) is 6.08 Å². The summed E-state index contributed by atoms with van der Waals surface area (Å²) < 4.78 is 5.55. The van der Waals surface area contributed by atoms with E-state index in [9.17, 15) is 4.79 Å². The van der Waals surface area contributed by atoms with Gasteiger partial charge in [-0.1, -0.05) is 36.8 Å². The second-order valence-electron chi connectivity index (χ2n) is 5.56. The number of rotatable bonds is 7. The van der Waals surface area contributed by atoms with Crippen LogP contribution in [0.1, 0.15) is 36.2 Å². The smallest absolute Gasteiger partial charge is 0.187 e. The minimum absolute atomic E-state index is 0.00195. The van der Waals surface area contributed by atoms with Crippen LogP contribution >= 0.6 is 0 Å². The Bertz CT molecular complexity index is 670. The molecule has 0 aliphatic carbocycles. The molecule has 3 heteroatoms.